The molecule has 1 aliphatic rings. The molecule has 0 saturated carbocycles. The molecule has 1 aliphatic heterocycles. The van der Waals surface area contributed by atoms with Crippen LogP contribution in [0.25, 0.3) is 0 Å². The molecule has 2 aromatic rings. The molecule has 2 unspecified atom stereocenters. The van der Waals surface area contributed by atoms with E-state index in [1.54, 1.807) is 22.9 Å². The number of benzene rings is 1. The monoisotopic (exact) mass is 417 g/mol. The van der Waals surface area contributed by atoms with Crippen LogP contribution in [0.1, 0.15) is 42.1 Å². The average molecular weight is 417 g/mol. The summed E-state index contributed by atoms with van der Waals surface area (Å²) < 4.78 is 17.5. The molecule has 30 heavy (non-hydrogen) atoms. The van der Waals surface area contributed by atoms with E-state index < -0.39 is 6.29 Å². The number of hydrogen-bond donors (Lipinski definition) is 3. The normalized spacial score (nSPS) is 18.5. The molecule has 2 amide bonds. The number of nitrogens with zero attached hydrogens (tertiary/aromatic N) is 2. The van der Waals surface area contributed by atoms with Crippen LogP contribution in [0.3, 0.4) is 0 Å². The predicted octanol–water partition coefficient (Wildman–Crippen LogP) is 1.81. The summed E-state index contributed by atoms with van der Waals surface area (Å²) in [5, 5.41) is 13.5. The summed E-state index contributed by atoms with van der Waals surface area (Å²) >= 11 is 0. The lowest BCUT2D eigenvalue weighted by atomic mass is 10.1. The van der Waals surface area contributed by atoms with Gasteiger partial charge in [0.05, 0.1) is 27.0 Å². The van der Waals surface area contributed by atoms with Crippen molar-refractivity contribution in [2.75, 3.05) is 26.6 Å². The van der Waals surface area contributed by atoms with E-state index in [2.05, 4.69) is 21.0 Å². The summed E-state index contributed by atoms with van der Waals surface area (Å²) in [5.41, 5.74) is 1.02. The lowest BCUT2D eigenvalue weighted by Crippen LogP contribution is -2.53. The lowest BCUT2D eigenvalue weighted by Gasteiger charge is -2.31. The number of rotatable bonds is 7. The predicted molar refractivity (Wildman–Crippen MR) is 110 cm³/mol. The van der Waals surface area contributed by atoms with Crippen LogP contribution in [0.15, 0.2) is 18.2 Å². The van der Waals surface area contributed by atoms with E-state index in [9.17, 15) is 9.59 Å². The highest BCUT2D eigenvalue weighted by Gasteiger charge is 2.28. The molecule has 0 spiro atoms. The van der Waals surface area contributed by atoms with Crippen molar-refractivity contribution in [2.45, 2.75) is 39.0 Å². The topological polar surface area (TPSA) is 116 Å². The largest absolute Gasteiger partial charge is 0.493 e. The Kier molecular flexibility index (Phi) is 6.46. The first-order valence-electron chi connectivity index (χ1n) is 9.63. The van der Waals surface area contributed by atoms with Crippen LogP contribution < -0.4 is 30.2 Å². The highest BCUT2D eigenvalue weighted by molar-refractivity contribution is 6.04. The molecular formula is C20H27N5O5. The minimum absolute atomic E-state index is 0.0342. The number of ether oxygens (including phenoxy) is 3. The highest BCUT2D eigenvalue weighted by atomic mass is 16.5. The molecule has 10 nitrogen and oxygen atoms in total. The fourth-order valence-electron chi connectivity index (χ4n) is 3.36. The minimum Gasteiger partial charge on any atom is -0.493 e. The molecular weight excluding hydrogens is 390 g/mol. The molecule has 3 N–H and O–H groups in total. The zero-order chi connectivity index (χ0) is 21.8. The number of anilines is 1. The first kappa shape index (κ1) is 21.4. The molecule has 0 radical (unpaired) electrons. The van der Waals surface area contributed by atoms with Gasteiger partial charge in [0.15, 0.2) is 17.8 Å². The van der Waals surface area contributed by atoms with Gasteiger partial charge < -0.3 is 24.8 Å². The molecule has 1 aromatic carbocycles. The molecule has 2 atom stereocenters. The summed E-state index contributed by atoms with van der Waals surface area (Å²) in [7, 11) is 4.47. The van der Waals surface area contributed by atoms with Crippen molar-refractivity contribution in [3.05, 3.63) is 29.5 Å². The van der Waals surface area contributed by atoms with Gasteiger partial charge >= 0.3 is 0 Å². The third-order valence-corrected chi connectivity index (χ3v) is 4.89. The zero-order valence-electron chi connectivity index (χ0n) is 17.7. The van der Waals surface area contributed by atoms with E-state index in [1.165, 1.54) is 21.3 Å². The molecule has 0 aliphatic carbocycles. The maximum Gasteiger partial charge on any atom is 0.257 e. The number of amides is 2. The Bertz CT molecular complexity index is 917. The van der Waals surface area contributed by atoms with Gasteiger partial charge in [-0.05, 0) is 25.5 Å². The van der Waals surface area contributed by atoms with Crippen LogP contribution in [0, 0.1) is 6.92 Å². The number of aryl methyl sites for hydroxylation is 1. The molecule has 1 aromatic heterocycles. The molecule has 162 valence electrons. The van der Waals surface area contributed by atoms with Gasteiger partial charge in [-0.25, -0.2) is 4.68 Å². The van der Waals surface area contributed by atoms with E-state index in [0.717, 1.165) is 6.42 Å². The first-order valence-corrected chi connectivity index (χ1v) is 9.63. The maximum atomic E-state index is 13.0. The number of nitrogens with one attached hydrogen (secondary N) is 3. The van der Waals surface area contributed by atoms with Crippen LogP contribution in [0.4, 0.5) is 5.82 Å². The summed E-state index contributed by atoms with van der Waals surface area (Å²) in [6.45, 7) is 3.82. The lowest BCUT2D eigenvalue weighted by molar-refractivity contribution is -0.125. The number of carbonyl (C=O) groups excluding carboxylic acids is 2. The van der Waals surface area contributed by atoms with E-state index in [1.807, 2.05) is 13.8 Å². The smallest absolute Gasteiger partial charge is 0.257 e. The molecule has 2 heterocycles. The van der Waals surface area contributed by atoms with Gasteiger partial charge in [0, 0.05) is 24.1 Å². The summed E-state index contributed by atoms with van der Waals surface area (Å²) in [5.74, 6) is 1.14. The van der Waals surface area contributed by atoms with Crippen molar-refractivity contribution in [2.24, 2.45) is 0 Å². The number of hydrogen-bond acceptors (Lipinski definition) is 7. The Morgan fingerprint density at radius 1 is 1.20 bits per heavy atom. The minimum atomic E-state index is -0.555. The van der Waals surface area contributed by atoms with E-state index in [0.29, 0.717) is 40.7 Å². The Morgan fingerprint density at radius 2 is 1.87 bits per heavy atom. The quantitative estimate of drug-likeness (QED) is 0.629. The van der Waals surface area contributed by atoms with Gasteiger partial charge in [0.25, 0.3) is 5.91 Å². The average Bonchev–Trinajstić information content (AvgIpc) is 3.11. The van der Waals surface area contributed by atoms with Crippen molar-refractivity contribution in [1.29, 1.82) is 0 Å². The van der Waals surface area contributed by atoms with Crippen molar-refractivity contribution in [3.8, 4) is 17.2 Å². The second-order valence-corrected chi connectivity index (χ2v) is 6.93. The van der Waals surface area contributed by atoms with Gasteiger partial charge in [-0.2, -0.15) is 5.10 Å². The summed E-state index contributed by atoms with van der Waals surface area (Å²) in [6, 6.07) is 4.90. The second-order valence-electron chi connectivity index (χ2n) is 6.93. The molecule has 1 fully saturated rings. The number of aromatic nitrogens is 2. The van der Waals surface area contributed by atoms with Gasteiger partial charge in [0.2, 0.25) is 11.7 Å². The van der Waals surface area contributed by atoms with Crippen molar-refractivity contribution in [3.63, 3.8) is 0 Å². The van der Waals surface area contributed by atoms with Crippen LogP contribution in [0.5, 0.6) is 17.2 Å². The third kappa shape index (κ3) is 4.33. The van der Waals surface area contributed by atoms with Gasteiger partial charge in [-0.1, -0.05) is 6.92 Å². The highest BCUT2D eigenvalue weighted by Crippen LogP contribution is 2.38. The Morgan fingerprint density at radius 3 is 2.43 bits per heavy atom. The number of methoxy groups -OCH3 is 3. The third-order valence-electron chi connectivity index (χ3n) is 4.89. The van der Waals surface area contributed by atoms with E-state index in [4.69, 9.17) is 14.2 Å². The fourth-order valence-corrected chi connectivity index (χ4v) is 3.36. The summed E-state index contributed by atoms with van der Waals surface area (Å²) in [6.07, 6.45) is 0.651. The Hall–Kier alpha value is -3.27. The van der Waals surface area contributed by atoms with Crippen molar-refractivity contribution < 1.29 is 23.8 Å². The van der Waals surface area contributed by atoms with Gasteiger partial charge in [-0.15, -0.1) is 0 Å². The summed E-state index contributed by atoms with van der Waals surface area (Å²) in [4.78, 5) is 25.0. The van der Waals surface area contributed by atoms with E-state index in [-0.39, 0.29) is 17.9 Å². The molecule has 10 heteroatoms. The Balaban J connectivity index is 1.89. The maximum absolute atomic E-state index is 13.0. The van der Waals surface area contributed by atoms with Crippen LogP contribution >= 0.6 is 0 Å². The molecule has 0 bridgehead atoms. The van der Waals surface area contributed by atoms with E-state index >= 15 is 0 Å². The standard InChI is InChI=1S/C20H27N5O5/c1-6-13-10-17(26)23-20(21-13)25-16(7-11(2)24-25)22-19(27)12-8-14(28-3)18(30-5)15(9-12)29-4/h7-9,13,20-21H,6,10H2,1-5H3,(H,22,27)(H,23,26). The Labute approximate surface area is 174 Å². The fraction of sp³-hybridized carbons (Fsp3) is 0.450. The SMILES string of the molecule is CCC1CC(=O)NC(n2nc(C)cc2NC(=O)c2cc(OC)c(OC)c(OC)c2)N1. The second kappa shape index (κ2) is 9.04. The molecule has 3 rings (SSSR count). The molecule has 1 saturated heterocycles. The van der Waals surface area contributed by atoms with Crippen LogP contribution in [0.2, 0.25) is 0 Å². The van der Waals surface area contributed by atoms with Gasteiger partial charge in [-0.3, -0.25) is 14.9 Å². The van der Waals surface area contributed by atoms with Crippen molar-refractivity contribution in [1.82, 2.24) is 20.4 Å². The zero-order valence-corrected chi connectivity index (χ0v) is 17.7. The van der Waals surface area contributed by atoms with Crippen molar-refractivity contribution >= 4 is 17.6 Å². The number of carbonyl (C=O) groups is 2. The van der Waals surface area contributed by atoms with Crippen LogP contribution in [-0.4, -0.2) is 49.0 Å². The van der Waals surface area contributed by atoms with Gasteiger partial charge in [0.1, 0.15) is 5.82 Å². The van der Waals surface area contributed by atoms with Crippen LogP contribution in [-0.2, 0) is 4.79 Å². The first-order chi connectivity index (χ1) is 14.4.